The molecule has 2 saturated carbocycles. The Morgan fingerprint density at radius 1 is 0.929 bits per heavy atom. The number of hydrogen-bond donors (Lipinski definition) is 1. The van der Waals surface area contributed by atoms with Gasteiger partial charge in [0.15, 0.2) is 0 Å². The first-order valence-electron chi connectivity index (χ1n) is 11.4. The largest absolute Gasteiger partial charge is 0.381 e. The Kier molecular flexibility index (Phi) is 10.5. The predicted molar refractivity (Wildman–Crippen MR) is 111 cm³/mol. The number of amides is 1. The highest BCUT2D eigenvalue weighted by Gasteiger charge is 2.25. The summed E-state index contributed by atoms with van der Waals surface area (Å²) in [7, 11) is 0. The van der Waals surface area contributed by atoms with Crippen molar-refractivity contribution in [1.82, 2.24) is 5.32 Å². The van der Waals surface area contributed by atoms with Crippen molar-refractivity contribution in [3.8, 4) is 0 Å². The molecule has 0 aliphatic heterocycles. The summed E-state index contributed by atoms with van der Waals surface area (Å²) < 4.78 is 11.6. The van der Waals surface area contributed by atoms with Gasteiger partial charge in [0.2, 0.25) is 5.91 Å². The lowest BCUT2D eigenvalue weighted by Gasteiger charge is -2.28. The predicted octanol–water partition coefficient (Wildman–Crippen LogP) is 4.28. The van der Waals surface area contributed by atoms with Crippen molar-refractivity contribution >= 4 is 11.7 Å². The number of ether oxygens (including phenoxy) is 2. The lowest BCUT2D eigenvalue weighted by Crippen LogP contribution is -2.38. The molecule has 2 aliphatic carbocycles. The molecule has 0 aromatic heterocycles. The summed E-state index contributed by atoms with van der Waals surface area (Å²) in [4.78, 5) is 23.5. The van der Waals surface area contributed by atoms with E-state index in [2.05, 4.69) is 19.2 Å². The molecule has 0 spiro atoms. The molecule has 0 atom stereocenters. The number of hydrogen-bond acceptors (Lipinski definition) is 4. The fraction of sp³-hybridized carbons (Fsp3) is 0.913. The first-order valence-corrected chi connectivity index (χ1v) is 11.4. The van der Waals surface area contributed by atoms with E-state index in [1.54, 1.807) is 6.92 Å². The summed E-state index contributed by atoms with van der Waals surface area (Å²) in [6.45, 7) is 8.26. The molecule has 2 aliphatic rings. The zero-order valence-corrected chi connectivity index (χ0v) is 18.2. The summed E-state index contributed by atoms with van der Waals surface area (Å²) in [5.41, 5.74) is 0. The van der Waals surface area contributed by atoms with E-state index in [1.807, 2.05) is 0 Å². The molecule has 5 heteroatoms. The van der Waals surface area contributed by atoms with Crippen LogP contribution in [0.5, 0.6) is 0 Å². The van der Waals surface area contributed by atoms with Gasteiger partial charge in [-0.3, -0.25) is 9.59 Å². The Hall–Kier alpha value is -0.940. The second-order valence-electron chi connectivity index (χ2n) is 9.17. The summed E-state index contributed by atoms with van der Waals surface area (Å²) in [6, 6.07) is 0.249. The summed E-state index contributed by atoms with van der Waals surface area (Å²) in [6.07, 6.45) is 10.3. The third-order valence-corrected chi connectivity index (χ3v) is 6.34. The summed E-state index contributed by atoms with van der Waals surface area (Å²) in [5, 5.41) is 3.13. The van der Waals surface area contributed by atoms with Crippen LogP contribution >= 0.6 is 0 Å². The Morgan fingerprint density at radius 3 is 2.11 bits per heavy atom. The minimum atomic E-state index is 0.125. The molecule has 0 heterocycles. The van der Waals surface area contributed by atoms with Crippen LogP contribution in [0.1, 0.15) is 85.0 Å². The topological polar surface area (TPSA) is 64.6 Å². The van der Waals surface area contributed by atoms with Crippen molar-refractivity contribution in [2.45, 2.75) is 97.1 Å². The zero-order valence-electron chi connectivity index (χ0n) is 18.2. The quantitative estimate of drug-likeness (QED) is 0.530. The van der Waals surface area contributed by atoms with Crippen LogP contribution in [0.25, 0.3) is 0 Å². The summed E-state index contributed by atoms with van der Waals surface area (Å²) >= 11 is 0. The molecule has 2 rings (SSSR count). The molecule has 0 bridgehead atoms. The van der Waals surface area contributed by atoms with Crippen LogP contribution in [-0.4, -0.2) is 43.7 Å². The van der Waals surface area contributed by atoms with Gasteiger partial charge in [0, 0.05) is 38.2 Å². The first-order chi connectivity index (χ1) is 13.4. The van der Waals surface area contributed by atoms with Gasteiger partial charge in [0.25, 0.3) is 0 Å². The molecule has 1 N–H and O–H groups in total. The molecule has 0 unspecified atom stereocenters. The number of nitrogens with one attached hydrogen (secondary N) is 1. The smallest absolute Gasteiger partial charge is 0.220 e. The van der Waals surface area contributed by atoms with Gasteiger partial charge in [-0.1, -0.05) is 0 Å². The van der Waals surface area contributed by atoms with Crippen LogP contribution in [0.3, 0.4) is 0 Å². The van der Waals surface area contributed by atoms with Crippen molar-refractivity contribution < 1.29 is 19.1 Å². The molecule has 0 saturated heterocycles. The molecular formula is C23H41NO4. The molecule has 0 radical (unpaired) electrons. The Morgan fingerprint density at radius 2 is 1.54 bits per heavy atom. The third-order valence-electron chi connectivity index (χ3n) is 6.34. The number of carbonyl (C=O) groups excluding carboxylic acids is 2. The average molecular weight is 396 g/mol. The van der Waals surface area contributed by atoms with E-state index in [-0.39, 0.29) is 17.9 Å². The average Bonchev–Trinajstić information content (AvgIpc) is 2.67. The maximum Gasteiger partial charge on any atom is 0.220 e. The molecule has 0 aromatic carbocycles. The van der Waals surface area contributed by atoms with E-state index in [0.29, 0.717) is 36.8 Å². The highest BCUT2D eigenvalue weighted by molar-refractivity contribution is 5.78. The van der Waals surface area contributed by atoms with Crippen LogP contribution in [0.15, 0.2) is 0 Å². The van der Waals surface area contributed by atoms with E-state index in [4.69, 9.17) is 9.47 Å². The normalized spacial score (nSPS) is 28.3. The number of ketones is 1. The SMILES string of the molecule is CC(=O)[C@H]1CC[C@H](NC(=O)CCCOC[C@H]2CC[C@@H](COC(C)C)CC2)CC1. The number of Topliss-reactive ketones (excluding diaryl/α,β-unsaturated/α-hetero) is 1. The van der Waals surface area contributed by atoms with Gasteiger partial charge in [-0.05, 0) is 90.4 Å². The second-order valence-corrected chi connectivity index (χ2v) is 9.17. The fourth-order valence-corrected chi connectivity index (χ4v) is 4.42. The van der Waals surface area contributed by atoms with E-state index in [0.717, 1.165) is 45.3 Å². The number of carbonyl (C=O) groups is 2. The number of rotatable bonds is 11. The van der Waals surface area contributed by atoms with Crippen molar-refractivity contribution in [2.75, 3.05) is 19.8 Å². The van der Waals surface area contributed by atoms with Gasteiger partial charge in [-0.25, -0.2) is 0 Å². The maximum absolute atomic E-state index is 12.1. The van der Waals surface area contributed by atoms with Gasteiger partial charge >= 0.3 is 0 Å². The van der Waals surface area contributed by atoms with Crippen LogP contribution in [0.4, 0.5) is 0 Å². The Balaban J connectivity index is 1.45. The van der Waals surface area contributed by atoms with Gasteiger partial charge < -0.3 is 14.8 Å². The lowest BCUT2D eigenvalue weighted by atomic mass is 9.83. The van der Waals surface area contributed by atoms with E-state index >= 15 is 0 Å². The van der Waals surface area contributed by atoms with Crippen molar-refractivity contribution in [3.63, 3.8) is 0 Å². The van der Waals surface area contributed by atoms with Crippen LogP contribution < -0.4 is 5.32 Å². The van der Waals surface area contributed by atoms with Crippen molar-refractivity contribution in [1.29, 1.82) is 0 Å². The molecule has 0 aromatic rings. The Bertz CT molecular complexity index is 463. The second kappa shape index (κ2) is 12.6. The lowest BCUT2D eigenvalue weighted by molar-refractivity contribution is -0.123. The van der Waals surface area contributed by atoms with E-state index in [9.17, 15) is 9.59 Å². The van der Waals surface area contributed by atoms with E-state index < -0.39 is 0 Å². The van der Waals surface area contributed by atoms with Crippen LogP contribution in [-0.2, 0) is 19.1 Å². The monoisotopic (exact) mass is 395 g/mol. The van der Waals surface area contributed by atoms with Gasteiger partial charge in [-0.15, -0.1) is 0 Å². The van der Waals surface area contributed by atoms with E-state index in [1.165, 1.54) is 25.7 Å². The minimum absolute atomic E-state index is 0.125. The minimum Gasteiger partial charge on any atom is -0.381 e. The standard InChI is InChI=1S/C23H41NO4/c1-17(2)28-16-20-8-6-19(7-9-20)15-27-14-4-5-23(26)24-22-12-10-21(11-13-22)18(3)25/h17,19-22H,4-16H2,1-3H3,(H,24,26)/t19-,20+,21-,22-. The van der Waals surface area contributed by atoms with Crippen molar-refractivity contribution in [3.05, 3.63) is 0 Å². The fourth-order valence-electron chi connectivity index (χ4n) is 4.42. The molecule has 28 heavy (non-hydrogen) atoms. The molecule has 2 fully saturated rings. The summed E-state index contributed by atoms with van der Waals surface area (Å²) in [5.74, 6) is 2.01. The Labute approximate surface area is 171 Å². The molecule has 1 amide bonds. The highest BCUT2D eigenvalue weighted by atomic mass is 16.5. The van der Waals surface area contributed by atoms with Crippen molar-refractivity contribution in [2.24, 2.45) is 17.8 Å². The maximum atomic E-state index is 12.1. The highest BCUT2D eigenvalue weighted by Crippen LogP contribution is 2.29. The van der Waals surface area contributed by atoms with Crippen LogP contribution in [0, 0.1) is 17.8 Å². The van der Waals surface area contributed by atoms with Gasteiger partial charge in [-0.2, -0.15) is 0 Å². The molecular weight excluding hydrogens is 354 g/mol. The first kappa shape index (κ1) is 23.3. The third kappa shape index (κ3) is 9.04. The van der Waals surface area contributed by atoms with Gasteiger partial charge in [0.05, 0.1) is 6.10 Å². The van der Waals surface area contributed by atoms with Gasteiger partial charge in [0.1, 0.15) is 5.78 Å². The molecule has 162 valence electrons. The molecule has 5 nitrogen and oxygen atoms in total. The van der Waals surface area contributed by atoms with Crippen LogP contribution in [0.2, 0.25) is 0 Å². The zero-order chi connectivity index (χ0) is 20.4.